The van der Waals surface area contributed by atoms with Crippen molar-refractivity contribution in [3.63, 3.8) is 0 Å². The van der Waals surface area contributed by atoms with Crippen LogP contribution in [-0.4, -0.2) is 114 Å². The van der Waals surface area contributed by atoms with E-state index in [1.807, 2.05) is 69.0 Å². The van der Waals surface area contributed by atoms with Gasteiger partial charge in [-0.05, 0) is 112 Å². The fourth-order valence-electron chi connectivity index (χ4n) is 8.33. The van der Waals surface area contributed by atoms with Gasteiger partial charge in [0.1, 0.15) is 34.4 Å². The number of rotatable bonds is 24. The van der Waals surface area contributed by atoms with Gasteiger partial charge in [0, 0.05) is 39.0 Å². The summed E-state index contributed by atoms with van der Waals surface area (Å²) in [6.07, 6.45) is 8.10. The van der Waals surface area contributed by atoms with Crippen LogP contribution in [0.1, 0.15) is 123 Å². The number of fused-ring (bicyclic) bond motifs is 1. The number of pyridine rings is 1. The molecule has 0 spiro atoms. The molecule has 2 atom stereocenters. The maximum absolute atomic E-state index is 14.0. The molecule has 5 aromatic rings. The Morgan fingerprint density at radius 3 is 2.39 bits per heavy atom. The molecule has 20 heteroatoms. The molecule has 71 heavy (non-hydrogen) atoms. The number of nitrogen functional groups attached to an aromatic ring is 1. The predicted octanol–water partition coefficient (Wildman–Crippen LogP) is 5.68. The van der Waals surface area contributed by atoms with Crippen molar-refractivity contribution in [1.29, 1.82) is 0 Å². The standard InChI is InChI=1S/C51H70N12O7S/c1-8-62-43-38(31-55-36(23-24-51(6,7)68)41(43)59-47(62)42-46(52)61-70-60-42)69-29-15-26-53-25-13-18-39(64)54-27-12-10-9-11-17-40(65)58-45(50(3,4)5)49(67)63-28-14-16-37(63)48(66)56-30-34-19-21-35(22-20-34)44-33(2)57-32-71-44/h19-22,31-32,37,45,53,68H,8-18,25-30H2,1-7H3,(H2,52,61)(H,54,64)(H,56,66)(H,58,65)/t37-,45?/m0/s1. The van der Waals surface area contributed by atoms with E-state index in [2.05, 4.69) is 53.4 Å². The molecule has 19 nitrogen and oxygen atoms in total. The molecule has 1 aliphatic rings. The Hall–Kier alpha value is -6.43. The van der Waals surface area contributed by atoms with Gasteiger partial charge in [-0.2, -0.15) is 0 Å². The number of nitrogens with one attached hydrogen (secondary N) is 4. The summed E-state index contributed by atoms with van der Waals surface area (Å²) in [5, 5.41) is 30.2. The molecular weight excluding hydrogens is 925 g/mol. The summed E-state index contributed by atoms with van der Waals surface area (Å²) in [6.45, 7) is 16.5. The van der Waals surface area contributed by atoms with Gasteiger partial charge in [-0.25, -0.2) is 19.6 Å². The first-order valence-corrected chi connectivity index (χ1v) is 25.5. The van der Waals surface area contributed by atoms with Crippen molar-refractivity contribution in [1.82, 2.24) is 56.0 Å². The minimum atomic E-state index is -1.23. The third kappa shape index (κ3) is 15.0. The fourth-order valence-corrected chi connectivity index (χ4v) is 9.14. The summed E-state index contributed by atoms with van der Waals surface area (Å²) in [5.74, 6) is 6.17. The van der Waals surface area contributed by atoms with E-state index in [1.54, 1.807) is 36.3 Å². The van der Waals surface area contributed by atoms with Crippen LogP contribution < -0.4 is 31.7 Å². The number of nitrogens with two attached hydrogens (primary N) is 1. The molecule has 5 heterocycles. The SMILES string of the molecule is CCn1c(-c2nonc2N)nc2c(C#CC(C)(C)O)ncc(OCCCNCCCC(=O)NCCCCCCC(=O)NC(C(=O)N3CCC[C@H]3C(=O)NCc3ccc(-c4scnc4C)cc3)C(C)(C)C)c21. The monoisotopic (exact) mass is 995 g/mol. The van der Waals surface area contributed by atoms with E-state index >= 15 is 0 Å². The second-order valence-corrected chi connectivity index (χ2v) is 20.3. The van der Waals surface area contributed by atoms with Gasteiger partial charge < -0.3 is 46.3 Å². The maximum Gasteiger partial charge on any atom is 0.246 e. The largest absolute Gasteiger partial charge is 0.490 e. The lowest BCUT2D eigenvalue weighted by Crippen LogP contribution is -2.57. The van der Waals surface area contributed by atoms with Gasteiger partial charge in [-0.1, -0.05) is 63.8 Å². The minimum absolute atomic E-state index is 0.000289. The molecule has 4 aromatic heterocycles. The van der Waals surface area contributed by atoms with Crippen molar-refractivity contribution in [2.24, 2.45) is 5.41 Å². The van der Waals surface area contributed by atoms with Crippen molar-refractivity contribution < 1.29 is 33.7 Å². The number of amides is 4. The third-order valence-electron chi connectivity index (χ3n) is 12.1. The number of imidazole rings is 1. The molecule has 7 N–H and O–H groups in total. The molecule has 382 valence electrons. The molecule has 1 saturated heterocycles. The number of likely N-dealkylation sites (tertiary alicyclic amines) is 1. The number of unbranched alkanes of at least 4 members (excludes halogenated alkanes) is 3. The molecule has 0 bridgehead atoms. The number of benzene rings is 1. The summed E-state index contributed by atoms with van der Waals surface area (Å²) in [6, 6.07) is 6.70. The van der Waals surface area contributed by atoms with E-state index in [4.69, 9.17) is 20.1 Å². The van der Waals surface area contributed by atoms with Gasteiger partial charge in [-0.3, -0.25) is 19.2 Å². The first kappa shape index (κ1) is 53.9. The van der Waals surface area contributed by atoms with Crippen molar-refractivity contribution in [2.45, 2.75) is 143 Å². The summed E-state index contributed by atoms with van der Waals surface area (Å²) < 4.78 is 12.9. The molecular formula is C51H70N12O7S. The lowest BCUT2D eigenvalue weighted by Gasteiger charge is -2.35. The highest BCUT2D eigenvalue weighted by Gasteiger charge is 2.41. The minimum Gasteiger partial charge on any atom is -0.490 e. The van der Waals surface area contributed by atoms with Crippen LogP contribution in [0.25, 0.3) is 33.0 Å². The fraction of sp³-hybridized carbons (Fsp3) is 0.549. The number of carbonyl (C=O) groups is 4. The molecule has 1 fully saturated rings. The summed E-state index contributed by atoms with van der Waals surface area (Å²) in [4.78, 5) is 69.4. The van der Waals surface area contributed by atoms with Crippen LogP contribution in [-0.2, 0) is 32.3 Å². The number of nitrogens with zero attached hydrogens (tertiary/aromatic N) is 7. The summed E-state index contributed by atoms with van der Waals surface area (Å²) >= 11 is 1.60. The van der Waals surface area contributed by atoms with Gasteiger partial charge >= 0.3 is 0 Å². The molecule has 4 amide bonds. The molecule has 1 aromatic carbocycles. The molecule has 0 radical (unpaired) electrons. The number of anilines is 1. The van der Waals surface area contributed by atoms with Crippen LogP contribution in [0.15, 0.2) is 40.6 Å². The Labute approximate surface area is 419 Å². The lowest BCUT2D eigenvalue weighted by molar-refractivity contribution is -0.143. The number of aliphatic hydroxyl groups is 1. The Kier molecular flexibility index (Phi) is 19.1. The number of hydrogen-bond donors (Lipinski definition) is 6. The maximum atomic E-state index is 14.0. The first-order chi connectivity index (χ1) is 33.9. The highest BCUT2D eigenvalue weighted by molar-refractivity contribution is 7.13. The molecule has 0 aliphatic carbocycles. The quantitative estimate of drug-likeness (QED) is 0.0321. The zero-order valence-electron chi connectivity index (χ0n) is 42.2. The van der Waals surface area contributed by atoms with Crippen LogP contribution in [0.2, 0.25) is 0 Å². The average molecular weight is 995 g/mol. The van der Waals surface area contributed by atoms with Crippen molar-refractivity contribution in [3.05, 3.63) is 52.9 Å². The Bertz CT molecular complexity index is 2650. The first-order valence-electron chi connectivity index (χ1n) is 24.7. The highest BCUT2D eigenvalue weighted by atomic mass is 32.1. The van der Waals surface area contributed by atoms with Gasteiger partial charge in [0.2, 0.25) is 23.6 Å². The van der Waals surface area contributed by atoms with Crippen molar-refractivity contribution in [3.8, 4) is 39.5 Å². The normalized spacial score (nSPS) is 14.3. The number of ether oxygens (including phenoxy) is 1. The Morgan fingerprint density at radius 1 is 0.958 bits per heavy atom. The topological polar surface area (TPSA) is 258 Å². The predicted molar refractivity (Wildman–Crippen MR) is 273 cm³/mol. The highest BCUT2D eigenvalue weighted by Crippen LogP contribution is 2.34. The Morgan fingerprint density at radius 2 is 1.70 bits per heavy atom. The van der Waals surface area contributed by atoms with Crippen LogP contribution in [0.5, 0.6) is 5.75 Å². The van der Waals surface area contributed by atoms with Gasteiger partial charge in [0.05, 0.1) is 28.9 Å². The van der Waals surface area contributed by atoms with E-state index in [0.717, 1.165) is 41.0 Å². The van der Waals surface area contributed by atoms with E-state index in [-0.39, 0.29) is 35.9 Å². The second kappa shape index (κ2) is 25.1. The molecule has 1 unspecified atom stereocenters. The van der Waals surface area contributed by atoms with Crippen molar-refractivity contribution in [2.75, 3.05) is 38.5 Å². The average Bonchev–Trinajstić information content (AvgIpc) is 4.16. The van der Waals surface area contributed by atoms with Crippen LogP contribution in [0, 0.1) is 24.2 Å². The third-order valence-corrected chi connectivity index (χ3v) is 13.1. The molecule has 1 aliphatic heterocycles. The van der Waals surface area contributed by atoms with E-state index < -0.39 is 23.1 Å². The molecule has 0 saturated carbocycles. The second-order valence-electron chi connectivity index (χ2n) is 19.5. The Balaban J connectivity index is 0.832. The number of aromatic nitrogens is 6. The number of hydrogen-bond acceptors (Lipinski definition) is 15. The smallest absolute Gasteiger partial charge is 0.246 e. The van der Waals surface area contributed by atoms with Crippen LogP contribution in [0.4, 0.5) is 5.82 Å². The summed E-state index contributed by atoms with van der Waals surface area (Å²) in [5.41, 5.74) is 10.9. The van der Waals surface area contributed by atoms with Crippen LogP contribution in [0.3, 0.4) is 0 Å². The number of aryl methyl sites for hydroxylation is 2. The summed E-state index contributed by atoms with van der Waals surface area (Å²) in [7, 11) is 0. The van der Waals surface area contributed by atoms with Gasteiger partial charge in [0.15, 0.2) is 23.1 Å². The van der Waals surface area contributed by atoms with E-state index in [1.165, 1.54) is 0 Å². The number of carbonyl (C=O) groups excluding carboxylic acids is 4. The van der Waals surface area contributed by atoms with Gasteiger partial charge in [0.25, 0.3) is 0 Å². The van der Waals surface area contributed by atoms with Crippen LogP contribution >= 0.6 is 11.3 Å². The van der Waals surface area contributed by atoms with Gasteiger partial charge in [-0.15, -0.1) is 11.3 Å². The zero-order valence-corrected chi connectivity index (χ0v) is 43.0. The van der Waals surface area contributed by atoms with E-state index in [0.29, 0.717) is 118 Å². The lowest BCUT2D eigenvalue weighted by atomic mass is 9.85. The molecule has 6 rings (SSSR count). The number of thiazole rings is 1. The van der Waals surface area contributed by atoms with E-state index in [9.17, 15) is 24.3 Å². The zero-order chi connectivity index (χ0) is 51.1. The van der Waals surface area contributed by atoms with Crippen molar-refractivity contribution >= 4 is 51.8 Å².